The van der Waals surface area contributed by atoms with Crippen molar-refractivity contribution in [3.8, 4) is 5.88 Å². The molecule has 1 fully saturated rings. The Labute approximate surface area is 173 Å². The van der Waals surface area contributed by atoms with Crippen molar-refractivity contribution in [1.82, 2.24) is 14.7 Å². The Bertz CT molecular complexity index is 996. The maximum absolute atomic E-state index is 13.1. The van der Waals surface area contributed by atoms with E-state index in [4.69, 9.17) is 27.9 Å². The van der Waals surface area contributed by atoms with Crippen LogP contribution in [0.15, 0.2) is 42.5 Å². The van der Waals surface area contributed by atoms with Crippen LogP contribution in [0.2, 0.25) is 10.0 Å². The van der Waals surface area contributed by atoms with E-state index >= 15 is 0 Å². The molecule has 2 heterocycles. The van der Waals surface area contributed by atoms with E-state index in [2.05, 4.69) is 10.00 Å². The smallest absolute Gasteiger partial charge is 0.280 e. The van der Waals surface area contributed by atoms with Gasteiger partial charge in [0.15, 0.2) is 0 Å². The van der Waals surface area contributed by atoms with Gasteiger partial charge >= 0.3 is 0 Å². The summed E-state index contributed by atoms with van der Waals surface area (Å²) in [4.78, 5) is 15.5. The Morgan fingerprint density at radius 3 is 2.64 bits per heavy atom. The molecule has 0 aliphatic carbocycles. The first kappa shape index (κ1) is 19.2. The number of benzene rings is 2. The number of nitrogens with zero attached hydrogens (tertiary/aromatic N) is 3. The summed E-state index contributed by atoms with van der Waals surface area (Å²) in [7, 11) is 0. The van der Waals surface area contributed by atoms with Crippen molar-refractivity contribution in [3.63, 3.8) is 0 Å². The highest BCUT2D eigenvalue weighted by atomic mass is 35.5. The summed E-state index contributed by atoms with van der Waals surface area (Å²) in [6.07, 6.45) is 3.79. The monoisotopic (exact) mass is 417 g/mol. The molecular weight excluding hydrogens is 397 g/mol. The van der Waals surface area contributed by atoms with E-state index in [-0.39, 0.29) is 10.9 Å². The second-order valence-corrected chi connectivity index (χ2v) is 7.68. The number of likely N-dealkylation sites (tertiary alicyclic amines) is 1. The molecule has 0 atom stereocenters. The highest BCUT2D eigenvalue weighted by Crippen LogP contribution is 2.29. The average Bonchev–Trinajstić information content (AvgIpc) is 3.09. The van der Waals surface area contributed by atoms with Gasteiger partial charge in [-0.3, -0.25) is 9.69 Å². The summed E-state index contributed by atoms with van der Waals surface area (Å²) in [6, 6.07) is 12.5. The van der Waals surface area contributed by atoms with Crippen LogP contribution in [0.1, 0.15) is 29.6 Å². The molecule has 4 rings (SSSR count). The normalized spacial score (nSPS) is 15.1. The van der Waals surface area contributed by atoms with E-state index < -0.39 is 0 Å². The van der Waals surface area contributed by atoms with E-state index in [1.54, 1.807) is 18.2 Å². The summed E-state index contributed by atoms with van der Waals surface area (Å²) < 4.78 is 7.29. The number of hydrogen-bond donors (Lipinski definition) is 0. The topological polar surface area (TPSA) is 47.4 Å². The van der Waals surface area contributed by atoms with Gasteiger partial charge in [0.2, 0.25) is 5.88 Å². The van der Waals surface area contributed by atoms with Gasteiger partial charge in [0.05, 0.1) is 26.5 Å². The molecule has 0 bridgehead atoms. The number of rotatable bonds is 5. The molecule has 0 N–H and O–H groups in total. The van der Waals surface area contributed by atoms with Gasteiger partial charge in [-0.15, -0.1) is 5.10 Å². The van der Waals surface area contributed by atoms with Gasteiger partial charge in [0, 0.05) is 6.54 Å². The molecule has 0 radical (unpaired) electrons. The molecule has 0 unspecified atom stereocenters. The van der Waals surface area contributed by atoms with Gasteiger partial charge in [0.25, 0.3) is 5.91 Å². The molecule has 5 nitrogen and oxygen atoms in total. The second-order valence-electron chi connectivity index (χ2n) is 6.89. The second kappa shape index (κ2) is 8.52. The minimum Gasteiger partial charge on any atom is -0.475 e. The van der Waals surface area contributed by atoms with Gasteiger partial charge < -0.3 is 4.74 Å². The first-order chi connectivity index (χ1) is 13.6. The number of hydrogen-bond acceptors (Lipinski definition) is 4. The first-order valence-corrected chi connectivity index (χ1v) is 10.2. The number of aromatic nitrogens is 2. The minimum absolute atomic E-state index is 0.223. The molecule has 146 valence electrons. The quantitative estimate of drug-likeness (QED) is 0.592. The number of fused-ring (bicyclic) bond motifs is 1. The van der Waals surface area contributed by atoms with E-state index in [1.807, 2.05) is 24.3 Å². The van der Waals surface area contributed by atoms with E-state index in [9.17, 15) is 4.79 Å². The predicted octanol–water partition coefficient (Wildman–Crippen LogP) is 4.90. The number of carbonyl (C=O) groups excluding carboxylic acids is 1. The van der Waals surface area contributed by atoms with Crippen molar-refractivity contribution in [2.24, 2.45) is 0 Å². The Morgan fingerprint density at radius 2 is 1.82 bits per heavy atom. The third-order valence-electron chi connectivity index (χ3n) is 5.02. The van der Waals surface area contributed by atoms with Gasteiger partial charge in [-0.2, -0.15) is 4.68 Å². The van der Waals surface area contributed by atoms with Crippen LogP contribution in [-0.4, -0.2) is 46.8 Å². The van der Waals surface area contributed by atoms with Crippen LogP contribution in [0.4, 0.5) is 0 Å². The summed E-state index contributed by atoms with van der Waals surface area (Å²) in [6.45, 7) is 3.62. The summed E-state index contributed by atoms with van der Waals surface area (Å²) in [5.41, 5.74) is 0.985. The molecule has 1 aliphatic heterocycles. The zero-order chi connectivity index (χ0) is 19.5. The molecule has 3 aromatic rings. The molecule has 7 heteroatoms. The van der Waals surface area contributed by atoms with Crippen molar-refractivity contribution in [2.75, 3.05) is 26.2 Å². The fourth-order valence-electron chi connectivity index (χ4n) is 3.54. The maximum atomic E-state index is 13.1. The number of halogens is 2. The van der Waals surface area contributed by atoms with Crippen LogP contribution in [0.25, 0.3) is 10.9 Å². The minimum atomic E-state index is -0.338. The highest BCUT2D eigenvalue weighted by molar-refractivity contribution is 6.44. The molecule has 0 spiro atoms. The van der Waals surface area contributed by atoms with Gasteiger partial charge in [-0.25, -0.2) is 0 Å². The molecule has 0 amide bonds. The lowest BCUT2D eigenvalue weighted by Crippen LogP contribution is -2.33. The summed E-state index contributed by atoms with van der Waals surface area (Å²) >= 11 is 12.3. The zero-order valence-corrected chi connectivity index (χ0v) is 16.9. The van der Waals surface area contributed by atoms with Gasteiger partial charge in [0.1, 0.15) is 6.61 Å². The number of ether oxygens (including phenoxy) is 1. The average molecular weight is 418 g/mol. The third kappa shape index (κ3) is 3.88. The van der Waals surface area contributed by atoms with Gasteiger partial charge in [-0.1, -0.05) is 47.8 Å². The summed E-state index contributed by atoms with van der Waals surface area (Å²) in [5, 5.41) is 5.80. The molecule has 1 aromatic heterocycles. The van der Waals surface area contributed by atoms with Crippen LogP contribution in [-0.2, 0) is 0 Å². The van der Waals surface area contributed by atoms with Crippen LogP contribution < -0.4 is 4.74 Å². The first-order valence-electron chi connectivity index (χ1n) is 9.47. The number of para-hydroxylation sites is 1. The van der Waals surface area contributed by atoms with E-state index in [1.165, 1.54) is 23.9 Å². The lowest BCUT2D eigenvalue weighted by molar-refractivity contribution is 0.0947. The van der Waals surface area contributed by atoms with Crippen molar-refractivity contribution >= 4 is 40.0 Å². The Morgan fingerprint density at radius 1 is 1.04 bits per heavy atom. The molecule has 1 aliphatic rings. The molecular formula is C21H21Cl2N3O2. The molecule has 2 aromatic carbocycles. The Kier molecular flexibility index (Phi) is 5.85. The number of carbonyl (C=O) groups is 1. The van der Waals surface area contributed by atoms with Crippen molar-refractivity contribution in [2.45, 2.75) is 19.3 Å². The fourth-order valence-corrected chi connectivity index (χ4v) is 3.92. The van der Waals surface area contributed by atoms with E-state index in [0.717, 1.165) is 25.0 Å². The lowest BCUT2D eigenvalue weighted by atomic mass is 10.1. The molecule has 0 saturated carbocycles. The highest BCUT2D eigenvalue weighted by Gasteiger charge is 2.21. The van der Waals surface area contributed by atoms with E-state index in [0.29, 0.717) is 28.6 Å². The predicted molar refractivity (Wildman–Crippen MR) is 112 cm³/mol. The SMILES string of the molecule is O=C(c1cccc(Cl)c1Cl)n1nc(OCCN2CCCCC2)c2ccccc21. The van der Waals surface area contributed by atoms with Crippen molar-refractivity contribution < 1.29 is 9.53 Å². The Balaban J connectivity index is 1.59. The van der Waals surface area contributed by atoms with Crippen LogP contribution in [0.3, 0.4) is 0 Å². The largest absolute Gasteiger partial charge is 0.475 e. The molecule has 1 saturated heterocycles. The molecule has 28 heavy (non-hydrogen) atoms. The maximum Gasteiger partial charge on any atom is 0.280 e. The van der Waals surface area contributed by atoms with Crippen LogP contribution in [0, 0.1) is 0 Å². The van der Waals surface area contributed by atoms with Gasteiger partial charge in [-0.05, 0) is 50.2 Å². The summed E-state index contributed by atoms with van der Waals surface area (Å²) in [5.74, 6) is 0.119. The fraction of sp³-hybridized carbons (Fsp3) is 0.333. The van der Waals surface area contributed by atoms with Crippen molar-refractivity contribution in [3.05, 3.63) is 58.1 Å². The van der Waals surface area contributed by atoms with Crippen molar-refractivity contribution in [1.29, 1.82) is 0 Å². The van der Waals surface area contributed by atoms with Crippen LogP contribution >= 0.6 is 23.2 Å². The standard InChI is InChI=1S/C21H21Cl2N3O2/c22-17-9-6-8-16(19(17)23)21(27)26-18-10-3-2-7-15(18)20(24-26)28-14-13-25-11-4-1-5-12-25/h2-3,6-10H,1,4-5,11-14H2. The Hall–Kier alpha value is -2.08. The zero-order valence-electron chi connectivity index (χ0n) is 15.4. The lowest BCUT2D eigenvalue weighted by Gasteiger charge is -2.25. The van der Waals surface area contributed by atoms with Crippen LogP contribution in [0.5, 0.6) is 5.88 Å². The third-order valence-corrected chi connectivity index (χ3v) is 5.84. The number of piperidine rings is 1.